The molecule has 0 radical (unpaired) electrons. The van der Waals surface area contributed by atoms with Crippen molar-refractivity contribution in [2.75, 3.05) is 24.5 Å². The molecule has 5 nitrogen and oxygen atoms in total. The molecule has 0 bridgehead atoms. The molecule has 4 aliphatic rings. The second-order valence-electron chi connectivity index (χ2n) is 26.0. The van der Waals surface area contributed by atoms with Gasteiger partial charge < -0.3 is 24.5 Å². The first-order valence-corrected chi connectivity index (χ1v) is 33.7. The third-order valence-corrected chi connectivity index (χ3v) is 21.3. The van der Waals surface area contributed by atoms with Gasteiger partial charge in [-0.25, -0.2) is 0 Å². The third-order valence-electron chi connectivity index (χ3n) is 20.2. The Morgan fingerprint density at radius 2 is 0.660 bits per heavy atom. The first-order valence-electron chi connectivity index (χ1n) is 32.9. The van der Waals surface area contributed by atoms with Crippen LogP contribution in [0.4, 0.5) is 85.3 Å². The van der Waals surface area contributed by atoms with Crippen molar-refractivity contribution in [3.05, 3.63) is 317 Å². The molecular formula is C86H69B2N5S. The highest BCUT2D eigenvalue weighted by atomic mass is 32.2. The Kier molecular flexibility index (Phi) is 13.8. The molecule has 0 aliphatic carbocycles. The molecule has 13 aromatic rings. The van der Waals surface area contributed by atoms with Crippen molar-refractivity contribution in [2.24, 2.45) is 0 Å². The zero-order valence-electron chi connectivity index (χ0n) is 54.3. The van der Waals surface area contributed by atoms with Crippen molar-refractivity contribution in [1.29, 1.82) is 0 Å². The lowest BCUT2D eigenvalue weighted by atomic mass is 9.31. The molecule has 94 heavy (non-hydrogen) atoms. The molecule has 0 fully saturated rings. The van der Waals surface area contributed by atoms with Crippen LogP contribution in [0.3, 0.4) is 0 Å². The number of nitrogens with zero attached hydrogens (tertiary/aromatic N) is 5. The van der Waals surface area contributed by atoms with Crippen molar-refractivity contribution in [1.82, 2.24) is 0 Å². The van der Waals surface area contributed by atoms with Gasteiger partial charge in [-0.3, -0.25) is 0 Å². The van der Waals surface area contributed by atoms with Gasteiger partial charge in [0.2, 0.25) is 6.71 Å². The molecule has 0 aromatic heterocycles. The summed E-state index contributed by atoms with van der Waals surface area (Å²) in [4.78, 5) is 15.4. The molecule has 13 aromatic carbocycles. The molecule has 8 heteroatoms. The average Bonchev–Trinajstić information content (AvgIpc) is 0.689. The summed E-state index contributed by atoms with van der Waals surface area (Å²) in [6.45, 7) is 17.9. The summed E-state index contributed by atoms with van der Waals surface area (Å²) in [6.07, 6.45) is 0. The largest absolute Gasteiger partial charge is 0.311 e. The van der Waals surface area contributed by atoms with Crippen LogP contribution in [0.2, 0.25) is 0 Å². The molecule has 4 heterocycles. The van der Waals surface area contributed by atoms with E-state index in [1.165, 1.54) is 138 Å². The molecule has 0 N–H and O–H groups in total. The summed E-state index contributed by atoms with van der Waals surface area (Å²) in [7, 11) is 0. The van der Waals surface area contributed by atoms with Gasteiger partial charge in [-0.2, -0.15) is 0 Å². The number of fused-ring (bicyclic) bond motifs is 8. The van der Waals surface area contributed by atoms with Crippen LogP contribution < -0.4 is 57.3 Å². The Bertz CT molecular complexity index is 5140. The van der Waals surface area contributed by atoms with E-state index < -0.39 is 0 Å². The van der Waals surface area contributed by atoms with Gasteiger partial charge in [0.05, 0.1) is 34.1 Å². The van der Waals surface area contributed by atoms with Crippen LogP contribution in [-0.2, 0) is 0 Å². The lowest BCUT2D eigenvalue weighted by Crippen LogP contribution is -2.64. The van der Waals surface area contributed by atoms with Crippen LogP contribution in [0.1, 0.15) is 44.5 Å². The van der Waals surface area contributed by atoms with E-state index >= 15 is 0 Å². The topological polar surface area (TPSA) is 16.2 Å². The molecule has 4 aliphatic heterocycles. The van der Waals surface area contributed by atoms with Crippen LogP contribution >= 0.6 is 11.8 Å². The highest BCUT2D eigenvalue weighted by Gasteiger charge is 2.48. The van der Waals surface area contributed by atoms with E-state index in [0.717, 1.165) is 45.3 Å². The van der Waals surface area contributed by atoms with Crippen molar-refractivity contribution in [2.45, 2.75) is 65.2 Å². The maximum Gasteiger partial charge on any atom is 0.252 e. The predicted octanol–water partition coefficient (Wildman–Crippen LogP) is 19.6. The fraction of sp³-hybridized carbons (Fsp3) is 0.0930. The second-order valence-corrected chi connectivity index (χ2v) is 27.1. The van der Waals surface area contributed by atoms with Crippen LogP contribution in [0, 0.1) is 55.4 Å². The van der Waals surface area contributed by atoms with Crippen LogP contribution in [0.15, 0.2) is 283 Å². The fourth-order valence-corrected chi connectivity index (χ4v) is 17.5. The van der Waals surface area contributed by atoms with E-state index in [2.05, 4.69) is 353 Å². The van der Waals surface area contributed by atoms with Crippen molar-refractivity contribution in [3.8, 4) is 11.1 Å². The minimum atomic E-state index is -0.156. The average molecular weight is 1230 g/mol. The SMILES string of the molecule is Cc1cccc(C)c1N(c1ccccc1)c1cc2c3c(c1)N(c1c(C)cccc1C)c1ccccc1B3c1cc3c(cc1S2)N(c1ccccc1-c1ccccc1)c1cc(N(c2ccccc2)c2c(C)cccc2C)cc2c1B3c1ccccc1N2c1c(C)cccc1C. The summed E-state index contributed by atoms with van der Waals surface area (Å²) in [5, 5.41) is 0. The van der Waals surface area contributed by atoms with Gasteiger partial charge in [-0.15, -0.1) is 0 Å². The van der Waals surface area contributed by atoms with E-state index in [9.17, 15) is 0 Å². The number of hydrogen-bond acceptors (Lipinski definition) is 6. The maximum absolute atomic E-state index is 2.67. The molecule has 17 rings (SSSR count). The van der Waals surface area contributed by atoms with Crippen molar-refractivity contribution >= 4 is 143 Å². The normalized spacial score (nSPS) is 13.0. The van der Waals surface area contributed by atoms with Crippen molar-refractivity contribution in [3.63, 3.8) is 0 Å². The zero-order valence-corrected chi connectivity index (χ0v) is 55.1. The van der Waals surface area contributed by atoms with Gasteiger partial charge in [-0.1, -0.05) is 217 Å². The summed E-state index contributed by atoms with van der Waals surface area (Å²) >= 11 is 1.93. The number of hydrogen-bond donors (Lipinski definition) is 0. The van der Waals surface area contributed by atoms with Gasteiger partial charge >= 0.3 is 0 Å². The highest BCUT2D eigenvalue weighted by Crippen LogP contribution is 2.54. The molecule has 450 valence electrons. The van der Waals surface area contributed by atoms with E-state index in [0.29, 0.717) is 0 Å². The van der Waals surface area contributed by atoms with Gasteiger partial charge in [-0.05, 0) is 206 Å². The van der Waals surface area contributed by atoms with E-state index in [1.807, 2.05) is 11.8 Å². The molecule has 0 atom stereocenters. The fourth-order valence-electron chi connectivity index (χ4n) is 16.2. The minimum Gasteiger partial charge on any atom is -0.311 e. The highest BCUT2D eigenvalue weighted by molar-refractivity contribution is 8.00. The Morgan fingerprint density at radius 3 is 1.16 bits per heavy atom. The standard InChI is InChI=1S/C86H69B2N5S/c1-54-28-24-29-55(2)83(54)89(63-38-14-10-15-39-63)65-48-76-81-77(49-65)92(85-58(5)32-26-33-59(85)6)73-46-22-19-43-68(73)87(81)70-52-71-79(53-75(70)91(76)72-45-21-18-42-67(72)62-36-12-9-13-37-62)94-80-51-66(90(64-40-16-11-17-41-64)84-56(3)30-25-31-57(84)4)50-78-82(80)88(71)69-44-20-23-47-74(69)93(78)86-60(7)34-27-35-61(86)8/h9-53H,1-8H3. The number of rotatable bonds is 10. The summed E-state index contributed by atoms with van der Waals surface area (Å²) in [6, 6.07) is 103. The molecular weight excluding hydrogens is 1160 g/mol. The smallest absolute Gasteiger partial charge is 0.252 e. The van der Waals surface area contributed by atoms with Gasteiger partial charge in [0.1, 0.15) is 0 Å². The molecule has 0 unspecified atom stereocenters. The minimum absolute atomic E-state index is 0.0993. The lowest BCUT2D eigenvalue weighted by Gasteiger charge is -2.47. The van der Waals surface area contributed by atoms with Crippen LogP contribution in [0.25, 0.3) is 11.1 Å². The summed E-state index contributed by atoms with van der Waals surface area (Å²) < 4.78 is 0. The summed E-state index contributed by atoms with van der Waals surface area (Å²) in [5.74, 6) is 0. The Morgan fingerprint density at radius 1 is 0.266 bits per heavy atom. The second kappa shape index (κ2) is 22.6. The Labute approximate surface area is 558 Å². The third kappa shape index (κ3) is 8.94. The molecule has 0 saturated heterocycles. The number of anilines is 15. The van der Waals surface area contributed by atoms with Gasteiger partial charge in [0.25, 0.3) is 6.71 Å². The molecule has 0 saturated carbocycles. The zero-order chi connectivity index (χ0) is 63.6. The van der Waals surface area contributed by atoms with Crippen LogP contribution in [-0.4, -0.2) is 13.4 Å². The number of aryl methyl sites for hydroxylation is 8. The Hall–Kier alpha value is -10.7. The van der Waals surface area contributed by atoms with Crippen LogP contribution in [0.5, 0.6) is 0 Å². The first kappa shape index (κ1) is 57.3. The quantitative estimate of drug-likeness (QED) is 0.126. The predicted molar refractivity (Wildman–Crippen MR) is 403 cm³/mol. The maximum atomic E-state index is 2.67. The van der Waals surface area contributed by atoms with E-state index in [4.69, 9.17) is 0 Å². The van der Waals surface area contributed by atoms with Gasteiger partial charge in [0, 0.05) is 66.5 Å². The molecule has 0 spiro atoms. The monoisotopic (exact) mass is 1230 g/mol. The van der Waals surface area contributed by atoms with Gasteiger partial charge in [0.15, 0.2) is 0 Å². The van der Waals surface area contributed by atoms with Crippen molar-refractivity contribution < 1.29 is 0 Å². The Balaban J connectivity index is 0.995. The number of para-hydroxylation sites is 9. The molecule has 0 amide bonds. The first-order chi connectivity index (χ1) is 46.0. The van der Waals surface area contributed by atoms with E-state index in [-0.39, 0.29) is 13.4 Å². The lowest BCUT2D eigenvalue weighted by molar-refractivity contribution is 1.18. The summed E-state index contributed by atoms with van der Waals surface area (Å²) in [5.41, 5.74) is 37.3. The number of benzene rings is 13. The van der Waals surface area contributed by atoms with E-state index in [1.54, 1.807) is 0 Å².